The van der Waals surface area contributed by atoms with Crippen LogP contribution in [0.5, 0.6) is 0 Å². The molecule has 0 saturated carbocycles. The first-order valence-electron chi connectivity index (χ1n) is 7.05. The van der Waals surface area contributed by atoms with E-state index in [1.807, 2.05) is 19.1 Å². The van der Waals surface area contributed by atoms with Crippen LogP contribution in [-0.2, 0) is 0 Å². The molecule has 0 atom stereocenters. The summed E-state index contributed by atoms with van der Waals surface area (Å²) >= 11 is 0. The van der Waals surface area contributed by atoms with Crippen molar-refractivity contribution in [3.63, 3.8) is 0 Å². The summed E-state index contributed by atoms with van der Waals surface area (Å²) in [6.45, 7) is 9.49. The standard InChI is InChI=1S/C15H26N4/c1-5-6-7-8-19(11(2)3)14-10-13(15(16)17)9-12(4)18-14/h9-11H,5-8H2,1-4H3,(H3,16,17). The molecule has 0 bridgehead atoms. The molecule has 0 aliphatic heterocycles. The second kappa shape index (κ2) is 7.12. The van der Waals surface area contributed by atoms with Crippen LogP contribution in [0.1, 0.15) is 51.3 Å². The smallest absolute Gasteiger partial charge is 0.129 e. The van der Waals surface area contributed by atoms with Gasteiger partial charge in [-0.3, -0.25) is 5.41 Å². The van der Waals surface area contributed by atoms with Gasteiger partial charge in [-0.1, -0.05) is 19.8 Å². The first kappa shape index (κ1) is 15.5. The number of amidine groups is 1. The van der Waals surface area contributed by atoms with E-state index in [0.29, 0.717) is 6.04 Å². The highest BCUT2D eigenvalue weighted by atomic mass is 15.2. The van der Waals surface area contributed by atoms with Gasteiger partial charge in [0.25, 0.3) is 0 Å². The molecule has 0 radical (unpaired) electrons. The molecular formula is C15H26N4. The van der Waals surface area contributed by atoms with Crippen LogP contribution in [0.2, 0.25) is 0 Å². The molecule has 4 heteroatoms. The normalized spacial score (nSPS) is 10.8. The topological polar surface area (TPSA) is 66.0 Å². The molecule has 0 spiro atoms. The molecule has 3 N–H and O–H groups in total. The lowest BCUT2D eigenvalue weighted by Crippen LogP contribution is -2.33. The summed E-state index contributed by atoms with van der Waals surface area (Å²) in [7, 11) is 0. The molecule has 4 nitrogen and oxygen atoms in total. The number of nitrogens with one attached hydrogen (secondary N) is 1. The fourth-order valence-corrected chi connectivity index (χ4v) is 2.12. The van der Waals surface area contributed by atoms with Gasteiger partial charge in [-0.15, -0.1) is 0 Å². The Morgan fingerprint density at radius 3 is 2.58 bits per heavy atom. The number of pyridine rings is 1. The molecule has 19 heavy (non-hydrogen) atoms. The predicted molar refractivity (Wildman–Crippen MR) is 82.0 cm³/mol. The Morgan fingerprint density at radius 2 is 2.05 bits per heavy atom. The fourth-order valence-electron chi connectivity index (χ4n) is 2.12. The van der Waals surface area contributed by atoms with Gasteiger partial charge >= 0.3 is 0 Å². The average Bonchev–Trinajstić information content (AvgIpc) is 2.33. The van der Waals surface area contributed by atoms with Crippen molar-refractivity contribution >= 4 is 11.7 Å². The van der Waals surface area contributed by atoms with Crippen LogP contribution in [-0.4, -0.2) is 23.4 Å². The van der Waals surface area contributed by atoms with E-state index in [0.717, 1.165) is 23.6 Å². The third kappa shape index (κ3) is 4.54. The predicted octanol–water partition coefficient (Wildman–Crippen LogP) is 3.08. The van der Waals surface area contributed by atoms with Gasteiger partial charge in [-0.2, -0.15) is 0 Å². The summed E-state index contributed by atoms with van der Waals surface area (Å²) in [5, 5.41) is 7.58. The molecule has 0 aliphatic carbocycles. The third-order valence-electron chi connectivity index (χ3n) is 3.17. The second-order valence-electron chi connectivity index (χ2n) is 5.26. The summed E-state index contributed by atoms with van der Waals surface area (Å²) in [5.41, 5.74) is 7.25. The summed E-state index contributed by atoms with van der Waals surface area (Å²) in [5.74, 6) is 1.03. The van der Waals surface area contributed by atoms with Gasteiger partial charge in [-0.25, -0.2) is 4.98 Å². The van der Waals surface area contributed by atoms with Gasteiger partial charge in [0.15, 0.2) is 0 Å². The lowest BCUT2D eigenvalue weighted by molar-refractivity contribution is 0.619. The average molecular weight is 262 g/mol. The van der Waals surface area contributed by atoms with Crippen molar-refractivity contribution in [2.45, 2.75) is 53.0 Å². The first-order chi connectivity index (χ1) is 8.95. The molecule has 0 aromatic carbocycles. The minimum Gasteiger partial charge on any atom is -0.384 e. The minimum absolute atomic E-state index is 0.101. The highest BCUT2D eigenvalue weighted by molar-refractivity contribution is 5.95. The van der Waals surface area contributed by atoms with Crippen molar-refractivity contribution < 1.29 is 0 Å². The van der Waals surface area contributed by atoms with Crippen molar-refractivity contribution in [1.29, 1.82) is 5.41 Å². The lowest BCUT2D eigenvalue weighted by Gasteiger charge is -2.28. The minimum atomic E-state index is 0.101. The van der Waals surface area contributed by atoms with E-state index in [-0.39, 0.29) is 5.84 Å². The molecule has 0 aliphatic rings. The fraction of sp³-hybridized carbons (Fsp3) is 0.600. The van der Waals surface area contributed by atoms with E-state index in [1.165, 1.54) is 19.3 Å². The number of nitrogens with two attached hydrogens (primary N) is 1. The van der Waals surface area contributed by atoms with Gasteiger partial charge in [0.1, 0.15) is 11.7 Å². The van der Waals surface area contributed by atoms with Crippen LogP contribution < -0.4 is 10.6 Å². The first-order valence-corrected chi connectivity index (χ1v) is 7.05. The quantitative estimate of drug-likeness (QED) is 0.451. The van der Waals surface area contributed by atoms with Crippen LogP contribution in [0.25, 0.3) is 0 Å². The van der Waals surface area contributed by atoms with Crippen molar-refractivity contribution in [3.05, 3.63) is 23.4 Å². The Bertz CT molecular complexity index is 426. The van der Waals surface area contributed by atoms with Crippen molar-refractivity contribution in [1.82, 2.24) is 4.98 Å². The molecule has 0 saturated heterocycles. The Labute approximate surface area is 116 Å². The van der Waals surface area contributed by atoms with Crippen molar-refractivity contribution in [2.24, 2.45) is 5.73 Å². The highest BCUT2D eigenvalue weighted by Gasteiger charge is 2.13. The van der Waals surface area contributed by atoms with E-state index in [9.17, 15) is 0 Å². The summed E-state index contributed by atoms with van der Waals surface area (Å²) < 4.78 is 0. The number of anilines is 1. The summed E-state index contributed by atoms with van der Waals surface area (Å²) in [6.07, 6.45) is 3.61. The zero-order valence-electron chi connectivity index (χ0n) is 12.5. The summed E-state index contributed by atoms with van der Waals surface area (Å²) in [6, 6.07) is 4.17. The number of aryl methyl sites for hydroxylation is 1. The highest BCUT2D eigenvalue weighted by Crippen LogP contribution is 2.18. The van der Waals surface area contributed by atoms with E-state index in [1.54, 1.807) is 0 Å². The molecule has 0 amide bonds. The van der Waals surface area contributed by atoms with E-state index < -0.39 is 0 Å². The zero-order chi connectivity index (χ0) is 14.4. The molecule has 1 aromatic heterocycles. The maximum absolute atomic E-state index is 7.58. The maximum atomic E-state index is 7.58. The second-order valence-corrected chi connectivity index (χ2v) is 5.26. The van der Waals surface area contributed by atoms with Crippen LogP contribution in [0.15, 0.2) is 12.1 Å². The van der Waals surface area contributed by atoms with Gasteiger partial charge in [0, 0.05) is 23.8 Å². The number of aromatic nitrogens is 1. The van der Waals surface area contributed by atoms with Crippen LogP contribution in [0.4, 0.5) is 5.82 Å². The lowest BCUT2D eigenvalue weighted by atomic mass is 10.1. The molecule has 1 heterocycles. The number of nitrogens with zero attached hydrogens (tertiary/aromatic N) is 2. The van der Waals surface area contributed by atoms with Crippen LogP contribution in [0, 0.1) is 12.3 Å². The molecular weight excluding hydrogens is 236 g/mol. The maximum Gasteiger partial charge on any atom is 0.129 e. The van der Waals surface area contributed by atoms with Gasteiger partial charge in [0.05, 0.1) is 0 Å². The number of nitrogen functional groups attached to an aromatic ring is 1. The summed E-state index contributed by atoms with van der Waals surface area (Å²) in [4.78, 5) is 6.88. The van der Waals surface area contributed by atoms with Gasteiger partial charge < -0.3 is 10.6 Å². The van der Waals surface area contributed by atoms with E-state index in [4.69, 9.17) is 11.1 Å². The molecule has 0 unspecified atom stereocenters. The zero-order valence-corrected chi connectivity index (χ0v) is 12.5. The van der Waals surface area contributed by atoms with Gasteiger partial charge in [-0.05, 0) is 39.3 Å². The largest absolute Gasteiger partial charge is 0.384 e. The van der Waals surface area contributed by atoms with E-state index >= 15 is 0 Å². The number of hydrogen-bond acceptors (Lipinski definition) is 3. The Hall–Kier alpha value is -1.58. The van der Waals surface area contributed by atoms with Crippen molar-refractivity contribution in [2.75, 3.05) is 11.4 Å². The molecule has 106 valence electrons. The SMILES string of the molecule is CCCCCN(c1cc(C(=N)N)cc(C)n1)C(C)C. The number of unbranched alkanes of at least 4 members (excludes halogenated alkanes) is 2. The Balaban J connectivity index is 2.98. The van der Waals surface area contributed by atoms with Crippen LogP contribution in [0.3, 0.4) is 0 Å². The molecule has 0 fully saturated rings. The Kier molecular flexibility index (Phi) is 5.80. The van der Waals surface area contributed by atoms with E-state index in [2.05, 4.69) is 30.7 Å². The van der Waals surface area contributed by atoms with Crippen LogP contribution >= 0.6 is 0 Å². The number of hydrogen-bond donors (Lipinski definition) is 2. The number of rotatable bonds is 7. The monoisotopic (exact) mass is 262 g/mol. The Morgan fingerprint density at radius 1 is 1.37 bits per heavy atom. The third-order valence-corrected chi connectivity index (χ3v) is 3.17. The molecule has 1 aromatic rings. The van der Waals surface area contributed by atoms with Gasteiger partial charge in [0.2, 0.25) is 0 Å². The molecule has 1 rings (SSSR count). The van der Waals surface area contributed by atoms with Crippen molar-refractivity contribution in [3.8, 4) is 0 Å².